The van der Waals surface area contributed by atoms with E-state index < -0.39 is 15.8 Å². The summed E-state index contributed by atoms with van der Waals surface area (Å²) in [6.45, 7) is 4.54. The summed E-state index contributed by atoms with van der Waals surface area (Å²) in [5.74, 6) is -0.228. The van der Waals surface area contributed by atoms with Gasteiger partial charge in [0.05, 0.1) is 16.6 Å². The Labute approximate surface area is 181 Å². The summed E-state index contributed by atoms with van der Waals surface area (Å²) in [6.07, 6.45) is 0.838. The van der Waals surface area contributed by atoms with Gasteiger partial charge in [0.1, 0.15) is 11.6 Å². The Morgan fingerprint density at radius 1 is 1.17 bits per heavy atom. The van der Waals surface area contributed by atoms with Crippen LogP contribution in [0.25, 0.3) is 0 Å². The highest BCUT2D eigenvalue weighted by molar-refractivity contribution is 7.89. The predicted octanol–water partition coefficient (Wildman–Crippen LogP) is 3.85. The van der Waals surface area contributed by atoms with Gasteiger partial charge in [-0.25, -0.2) is 17.5 Å². The summed E-state index contributed by atoms with van der Waals surface area (Å²) in [7, 11) is -3.75. The fourth-order valence-corrected chi connectivity index (χ4v) is 4.78. The first-order chi connectivity index (χ1) is 14.2. The Bertz CT molecular complexity index is 1000. The minimum absolute atomic E-state index is 0.0109. The quantitative estimate of drug-likeness (QED) is 0.719. The molecule has 162 valence electrons. The number of piperidine rings is 1. The van der Waals surface area contributed by atoms with E-state index in [2.05, 4.69) is 4.72 Å². The first-order valence-electron chi connectivity index (χ1n) is 9.69. The second-order valence-corrected chi connectivity index (χ2v) is 9.60. The summed E-state index contributed by atoms with van der Waals surface area (Å²) in [4.78, 5) is 14.7. The zero-order valence-electron chi connectivity index (χ0n) is 16.8. The van der Waals surface area contributed by atoms with Gasteiger partial charge < -0.3 is 9.64 Å². The maximum atomic E-state index is 13.0. The second-order valence-electron chi connectivity index (χ2n) is 7.45. The third-order valence-electron chi connectivity index (χ3n) is 4.76. The molecule has 1 aliphatic rings. The monoisotopic (exact) mass is 454 g/mol. The number of benzene rings is 2. The van der Waals surface area contributed by atoms with E-state index in [1.54, 1.807) is 23.1 Å². The molecule has 0 spiro atoms. The fraction of sp³-hybridized carbons (Fsp3) is 0.381. The molecular formula is C21H24ClFN2O4S. The third kappa shape index (κ3) is 5.50. The first kappa shape index (κ1) is 22.5. The van der Waals surface area contributed by atoms with Crippen LogP contribution in [0.1, 0.15) is 37.0 Å². The van der Waals surface area contributed by atoms with Crippen molar-refractivity contribution in [1.82, 2.24) is 9.62 Å². The van der Waals surface area contributed by atoms with Crippen LogP contribution in [-0.4, -0.2) is 44.5 Å². The lowest BCUT2D eigenvalue weighted by Gasteiger charge is -2.32. The minimum atomic E-state index is -3.75. The van der Waals surface area contributed by atoms with Crippen molar-refractivity contribution in [3.8, 4) is 5.75 Å². The van der Waals surface area contributed by atoms with Gasteiger partial charge in [0.25, 0.3) is 5.91 Å². The highest BCUT2D eigenvalue weighted by atomic mass is 35.5. The van der Waals surface area contributed by atoms with Crippen LogP contribution in [0, 0.1) is 5.82 Å². The van der Waals surface area contributed by atoms with Crippen LogP contribution >= 0.6 is 11.6 Å². The molecule has 3 rings (SSSR count). The van der Waals surface area contributed by atoms with Gasteiger partial charge in [-0.1, -0.05) is 11.6 Å². The Hall–Kier alpha value is -2.16. The molecule has 2 aromatic rings. The predicted molar refractivity (Wildman–Crippen MR) is 113 cm³/mol. The van der Waals surface area contributed by atoms with E-state index in [1.165, 1.54) is 12.1 Å². The molecule has 0 bridgehead atoms. The molecule has 30 heavy (non-hydrogen) atoms. The number of ether oxygens (including phenoxy) is 1. The number of hydrogen-bond acceptors (Lipinski definition) is 4. The van der Waals surface area contributed by atoms with Gasteiger partial charge in [-0.15, -0.1) is 0 Å². The first-order valence-corrected chi connectivity index (χ1v) is 11.5. The Balaban J connectivity index is 1.65. The van der Waals surface area contributed by atoms with E-state index in [-0.39, 0.29) is 22.9 Å². The van der Waals surface area contributed by atoms with E-state index in [9.17, 15) is 17.6 Å². The Morgan fingerprint density at radius 2 is 1.80 bits per heavy atom. The number of rotatable bonds is 6. The van der Waals surface area contributed by atoms with Crippen molar-refractivity contribution in [2.75, 3.05) is 13.1 Å². The average Bonchev–Trinajstić information content (AvgIpc) is 2.69. The number of nitrogens with one attached hydrogen (secondary N) is 1. The molecule has 1 heterocycles. The molecular weight excluding hydrogens is 431 g/mol. The van der Waals surface area contributed by atoms with Gasteiger partial charge in [-0.2, -0.15) is 0 Å². The number of hydrogen-bond donors (Lipinski definition) is 1. The molecule has 0 radical (unpaired) electrons. The van der Waals surface area contributed by atoms with Gasteiger partial charge in [0, 0.05) is 24.2 Å². The SMILES string of the molecule is CC(C)Oc1ccc(Cl)cc1C(=O)N1CCC(NS(=O)(=O)c2ccc(F)cc2)CC1. The van der Waals surface area contributed by atoms with Crippen molar-refractivity contribution >= 4 is 27.5 Å². The molecule has 1 fully saturated rings. The van der Waals surface area contributed by atoms with Gasteiger partial charge in [0.15, 0.2) is 0 Å². The van der Waals surface area contributed by atoms with Gasteiger partial charge >= 0.3 is 0 Å². The summed E-state index contributed by atoms with van der Waals surface area (Å²) >= 11 is 6.07. The van der Waals surface area contributed by atoms with E-state index >= 15 is 0 Å². The van der Waals surface area contributed by atoms with E-state index in [1.807, 2.05) is 13.8 Å². The average molecular weight is 455 g/mol. The number of amides is 1. The van der Waals surface area contributed by atoms with Crippen molar-refractivity contribution < 1.29 is 22.3 Å². The van der Waals surface area contributed by atoms with Crippen LogP contribution in [0.15, 0.2) is 47.4 Å². The summed E-state index contributed by atoms with van der Waals surface area (Å²) < 4.78 is 46.4. The summed E-state index contributed by atoms with van der Waals surface area (Å²) in [5, 5.41) is 0.441. The zero-order chi connectivity index (χ0) is 21.9. The highest BCUT2D eigenvalue weighted by Crippen LogP contribution is 2.27. The topological polar surface area (TPSA) is 75.7 Å². The number of halogens is 2. The molecule has 6 nitrogen and oxygen atoms in total. The van der Waals surface area contributed by atoms with Crippen molar-refractivity contribution in [1.29, 1.82) is 0 Å². The second kappa shape index (κ2) is 9.32. The number of carbonyl (C=O) groups excluding carboxylic acids is 1. The number of likely N-dealkylation sites (tertiary alicyclic amines) is 1. The van der Waals surface area contributed by atoms with Crippen molar-refractivity contribution in [2.24, 2.45) is 0 Å². The van der Waals surface area contributed by atoms with Crippen molar-refractivity contribution in [2.45, 2.75) is 43.7 Å². The lowest BCUT2D eigenvalue weighted by atomic mass is 10.0. The molecule has 1 aliphatic heterocycles. The molecule has 0 atom stereocenters. The van der Waals surface area contributed by atoms with Crippen molar-refractivity contribution in [3.05, 3.63) is 58.9 Å². The maximum Gasteiger partial charge on any atom is 0.257 e. The Morgan fingerprint density at radius 3 is 2.40 bits per heavy atom. The van der Waals surface area contributed by atoms with Crippen LogP contribution in [0.4, 0.5) is 4.39 Å². The molecule has 0 aliphatic carbocycles. The molecule has 1 amide bonds. The van der Waals surface area contributed by atoms with Crippen LogP contribution in [-0.2, 0) is 10.0 Å². The molecule has 0 aromatic heterocycles. The molecule has 2 aromatic carbocycles. The van der Waals surface area contributed by atoms with Crippen LogP contribution < -0.4 is 9.46 Å². The summed E-state index contributed by atoms with van der Waals surface area (Å²) in [6, 6.07) is 9.30. The largest absolute Gasteiger partial charge is 0.490 e. The van der Waals surface area contributed by atoms with Crippen molar-refractivity contribution in [3.63, 3.8) is 0 Å². The van der Waals surface area contributed by atoms with Crippen LogP contribution in [0.2, 0.25) is 5.02 Å². The number of nitrogens with zero attached hydrogens (tertiary/aromatic N) is 1. The number of sulfonamides is 1. The molecule has 0 saturated carbocycles. The smallest absolute Gasteiger partial charge is 0.257 e. The lowest BCUT2D eigenvalue weighted by molar-refractivity contribution is 0.0705. The van der Waals surface area contributed by atoms with Gasteiger partial charge in [-0.05, 0) is 69.2 Å². The minimum Gasteiger partial charge on any atom is -0.490 e. The molecule has 0 unspecified atom stereocenters. The summed E-state index contributed by atoms with van der Waals surface area (Å²) in [5.41, 5.74) is 0.390. The van der Waals surface area contributed by atoms with E-state index in [0.29, 0.717) is 42.3 Å². The normalized spacial score (nSPS) is 15.4. The van der Waals surface area contributed by atoms with Gasteiger partial charge in [-0.3, -0.25) is 4.79 Å². The van der Waals surface area contributed by atoms with Crippen LogP contribution in [0.3, 0.4) is 0 Å². The Kier molecular flexibility index (Phi) is 7.00. The van der Waals surface area contributed by atoms with Gasteiger partial charge in [0.2, 0.25) is 10.0 Å². The third-order valence-corrected chi connectivity index (χ3v) is 6.53. The van der Waals surface area contributed by atoms with Crippen LogP contribution in [0.5, 0.6) is 5.75 Å². The number of carbonyl (C=O) groups is 1. The molecule has 9 heteroatoms. The zero-order valence-corrected chi connectivity index (χ0v) is 18.3. The van der Waals surface area contributed by atoms with E-state index in [4.69, 9.17) is 16.3 Å². The lowest BCUT2D eigenvalue weighted by Crippen LogP contribution is -2.46. The highest BCUT2D eigenvalue weighted by Gasteiger charge is 2.28. The molecule has 1 N–H and O–H groups in total. The van der Waals surface area contributed by atoms with E-state index in [0.717, 1.165) is 12.1 Å². The molecule has 1 saturated heterocycles. The fourth-order valence-electron chi connectivity index (χ4n) is 3.30. The maximum absolute atomic E-state index is 13.0. The standard InChI is InChI=1S/C21H24ClFN2O4S/c1-14(2)29-20-8-3-15(22)13-19(20)21(26)25-11-9-17(10-12-25)24-30(27,28)18-6-4-16(23)5-7-18/h3-8,13-14,17,24H,9-12H2,1-2H3.